The van der Waals surface area contributed by atoms with Gasteiger partial charge in [-0.1, -0.05) is 15.9 Å². The number of pyridine rings is 1. The number of rotatable bonds is 3. The zero-order valence-electron chi connectivity index (χ0n) is 12.2. The Morgan fingerprint density at radius 3 is 2.95 bits per heavy atom. The van der Waals surface area contributed by atoms with Gasteiger partial charge in [0.25, 0.3) is 0 Å². The van der Waals surface area contributed by atoms with E-state index in [1.807, 2.05) is 18.2 Å². The molecular weight excluding hydrogens is 348 g/mol. The molecule has 2 N–H and O–H groups in total. The van der Waals surface area contributed by atoms with Gasteiger partial charge in [-0.3, -0.25) is 10.1 Å². The van der Waals surface area contributed by atoms with Crippen LogP contribution in [0.15, 0.2) is 28.9 Å². The molecule has 7 heteroatoms. The van der Waals surface area contributed by atoms with E-state index in [1.165, 1.54) is 6.20 Å². The Morgan fingerprint density at radius 2 is 2.32 bits per heavy atom. The average Bonchev–Trinajstić information content (AvgIpc) is 2.86. The molecule has 0 aliphatic carbocycles. The van der Waals surface area contributed by atoms with E-state index >= 15 is 0 Å². The van der Waals surface area contributed by atoms with Crippen LogP contribution in [0, 0.1) is 16.0 Å². The van der Waals surface area contributed by atoms with Crippen molar-refractivity contribution in [2.75, 3.05) is 18.0 Å². The number of aromatic nitrogens is 1. The topological polar surface area (TPSA) is 85.3 Å². The molecule has 0 bridgehead atoms. The van der Waals surface area contributed by atoms with Crippen molar-refractivity contribution < 1.29 is 4.92 Å². The number of benzene rings is 1. The van der Waals surface area contributed by atoms with E-state index in [1.54, 1.807) is 0 Å². The van der Waals surface area contributed by atoms with Gasteiger partial charge in [0.05, 0.1) is 10.4 Å². The highest BCUT2D eigenvalue weighted by Gasteiger charge is 2.33. The van der Waals surface area contributed by atoms with Crippen LogP contribution in [0.3, 0.4) is 0 Å². The number of hydrogen-bond acceptors (Lipinski definition) is 5. The van der Waals surface area contributed by atoms with E-state index in [0.717, 1.165) is 28.3 Å². The Kier molecular flexibility index (Phi) is 4.01. The molecule has 2 heterocycles. The Hall–Kier alpha value is -1.73. The molecule has 0 saturated carbocycles. The van der Waals surface area contributed by atoms with E-state index in [4.69, 9.17) is 5.73 Å². The summed E-state index contributed by atoms with van der Waals surface area (Å²) in [5.74, 6) is 0.366. The van der Waals surface area contributed by atoms with E-state index in [2.05, 4.69) is 32.7 Å². The van der Waals surface area contributed by atoms with Crippen LogP contribution in [0.1, 0.15) is 13.3 Å². The number of nitrogens with zero attached hydrogens (tertiary/aromatic N) is 3. The van der Waals surface area contributed by atoms with Gasteiger partial charge in [-0.05, 0) is 44.0 Å². The molecule has 2 aromatic rings. The summed E-state index contributed by atoms with van der Waals surface area (Å²) in [6, 6.07) is 5.87. The fourth-order valence-corrected chi connectivity index (χ4v) is 3.56. The lowest BCUT2D eigenvalue weighted by Gasteiger charge is -2.25. The van der Waals surface area contributed by atoms with E-state index < -0.39 is 0 Å². The third kappa shape index (κ3) is 2.55. The van der Waals surface area contributed by atoms with Crippen LogP contribution < -0.4 is 10.6 Å². The largest absolute Gasteiger partial charge is 0.362 e. The molecule has 3 rings (SSSR count). The molecule has 22 heavy (non-hydrogen) atoms. The minimum atomic E-state index is -0.356. The van der Waals surface area contributed by atoms with E-state index in [0.29, 0.717) is 18.2 Å². The maximum Gasteiger partial charge on any atom is 0.311 e. The van der Waals surface area contributed by atoms with Gasteiger partial charge in [0, 0.05) is 22.4 Å². The lowest BCUT2D eigenvalue weighted by Crippen LogP contribution is -2.28. The van der Waals surface area contributed by atoms with Gasteiger partial charge in [0.1, 0.15) is 11.9 Å². The normalized spacial score (nSPS) is 21.5. The maximum atomic E-state index is 11.5. The second-order valence-corrected chi connectivity index (χ2v) is 6.67. The van der Waals surface area contributed by atoms with Crippen LogP contribution in [0.4, 0.5) is 11.4 Å². The molecule has 6 nitrogen and oxygen atoms in total. The van der Waals surface area contributed by atoms with Crippen molar-refractivity contribution in [1.82, 2.24) is 4.98 Å². The van der Waals surface area contributed by atoms with Gasteiger partial charge in [-0.15, -0.1) is 0 Å². The first-order valence-electron chi connectivity index (χ1n) is 7.20. The fraction of sp³-hybridized carbons (Fsp3) is 0.400. The summed E-state index contributed by atoms with van der Waals surface area (Å²) in [4.78, 5) is 17.4. The van der Waals surface area contributed by atoms with Gasteiger partial charge in [-0.2, -0.15) is 0 Å². The molecule has 2 unspecified atom stereocenters. The Labute approximate surface area is 136 Å². The molecule has 1 aromatic carbocycles. The van der Waals surface area contributed by atoms with Crippen LogP contribution in [-0.4, -0.2) is 29.0 Å². The highest BCUT2D eigenvalue weighted by Crippen LogP contribution is 2.40. The van der Waals surface area contributed by atoms with E-state index in [-0.39, 0.29) is 16.7 Å². The first kappa shape index (κ1) is 15.2. The van der Waals surface area contributed by atoms with Gasteiger partial charge in [0.2, 0.25) is 0 Å². The molecule has 1 aliphatic heterocycles. The first-order chi connectivity index (χ1) is 10.5. The van der Waals surface area contributed by atoms with Crippen molar-refractivity contribution >= 4 is 38.2 Å². The second kappa shape index (κ2) is 5.81. The van der Waals surface area contributed by atoms with Crippen molar-refractivity contribution in [3.05, 3.63) is 39.0 Å². The zero-order chi connectivity index (χ0) is 15.9. The summed E-state index contributed by atoms with van der Waals surface area (Å²) in [5, 5.41) is 12.3. The SMILES string of the molecule is CC1CC(CN)CN1c1c([N+](=O)[O-])cnc2ccc(Br)cc12. The van der Waals surface area contributed by atoms with E-state index in [9.17, 15) is 10.1 Å². The minimum absolute atomic E-state index is 0.0510. The summed E-state index contributed by atoms with van der Waals surface area (Å²) in [5.41, 5.74) is 7.25. The number of anilines is 1. The number of halogens is 1. The highest BCUT2D eigenvalue weighted by atomic mass is 79.9. The predicted molar refractivity (Wildman–Crippen MR) is 90.1 cm³/mol. The number of fused-ring (bicyclic) bond motifs is 1. The number of nitrogens with two attached hydrogens (primary N) is 1. The summed E-state index contributed by atoms with van der Waals surface area (Å²) in [6.45, 7) is 3.43. The highest BCUT2D eigenvalue weighted by molar-refractivity contribution is 9.10. The molecule has 2 atom stereocenters. The molecule has 0 amide bonds. The van der Waals surface area contributed by atoms with Crippen molar-refractivity contribution in [3.8, 4) is 0 Å². The summed E-state index contributed by atoms with van der Waals surface area (Å²) in [6.07, 6.45) is 2.31. The molecule has 1 saturated heterocycles. The lowest BCUT2D eigenvalue weighted by molar-refractivity contribution is -0.384. The fourth-order valence-electron chi connectivity index (χ4n) is 3.20. The molecule has 1 aliphatic rings. The third-order valence-electron chi connectivity index (χ3n) is 4.26. The van der Waals surface area contributed by atoms with Gasteiger partial charge in [-0.25, -0.2) is 4.98 Å². The Bertz CT molecular complexity index is 737. The van der Waals surface area contributed by atoms with Crippen molar-refractivity contribution in [1.29, 1.82) is 0 Å². The van der Waals surface area contributed by atoms with Crippen molar-refractivity contribution in [3.63, 3.8) is 0 Å². The van der Waals surface area contributed by atoms with Gasteiger partial charge in [0.15, 0.2) is 0 Å². The summed E-state index contributed by atoms with van der Waals surface area (Å²) >= 11 is 3.44. The smallest absolute Gasteiger partial charge is 0.311 e. The van der Waals surface area contributed by atoms with Crippen LogP contribution in [0.25, 0.3) is 10.9 Å². The standard InChI is InChI=1S/C15H17BrN4O2/c1-9-4-10(6-17)8-19(9)15-12-5-11(16)2-3-13(12)18-7-14(15)20(21)22/h2-3,5,7,9-10H,4,6,8,17H2,1H3. The van der Waals surface area contributed by atoms with Crippen LogP contribution >= 0.6 is 15.9 Å². The molecule has 1 fully saturated rings. The summed E-state index contributed by atoms with van der Waals surface area (Å²) < 4.78 is 0.880. The van der Waals surface area contributed by atoms with Crippen molar-refractivity contribution in [2.24, 2.45) is 11.7 Å². The maximum absolute atomic E-state index is 11.5. The molecular formula is C15H17BrN4O2. The predicted octanol–water partition coefficient (Wildman–Crippen LogP) is 3.08. The zero-order valence-corrected chi connectivity index (χ0v) is 13.8. The average molecular weight is 365 g/mol. The number of nitro groups is 1. The third-order valence-corrected chi connectivity index (χ3v) is 4.75. The number of hydrogen-bond donors (Lipinski definition) is 1. The van der Waals surface area contributed by atoms with Gasteiger partial charge >= 0.3 is 5.69 Å². The quantitative estimate of drug-likeness (QED) is 0.667. The molecule has 1 aromatic heterocycles. The molecule has 0 radical (unpaired) electrons. The Balaban J connectivity index is 2.23. The Morgan fingerprint density at radius 1 is 1.55 bits per heavy atom. The second-order valence-electron chi connectivity index (χ2n) is 5.75. The van der Waals surface area contributed by atoms with Crippen LogP contribution in [0.5, 0.6) is 0 Å². The monoisotopic (exact) mass is 364 g/mol. The van der Waals surface area contributed by atoms with Crippen LogP contribution in [-0.2, 0) is 0 Å². The lowest BCUT2D eigenvalue weighted by atomic mass is 10.1. The minimum Gasteiger partial charge on any atom is -0.362 e. The van der Waals surface area contributed by atoms with Gasteiger partial charge < -0.3 is 10.6 Å². The molecule has 116 valence electrons. The molecule has 0 spiro atoms. The summed E-state index contributed by atoms with van der Waals surface area (Å²) in [7, 11) is 0. The first-order valence-corrected chi connectivity index (χ1v) is 8.00. The van der Waals surface area contributed by atoms with Crippen molar-refractivity contribution in [2.45, 2.75) is 19.4 Å². The van der Waals surface area contributed by atoms with Crippen LogP contribution in [0.2, 0.25) is 0 Å².